The molecule has 0 aliphatic carbocycles. The summed E-state index contributed by atoms with van der Waals surface area (Å²) in [7, 11) is 1.78. The molecule has 1 saturated heterocycles. The zero-order valence-electron chi connectivity index (χ0n) is 17.8. The normalized spacial score (nSPS) is 16.1. The Labute approximate surface area is 183 Å². The summed E-state index contributed by atoms with van der Waals surface area (Å²) >= 11 is 0. The Hall–Kier alpha value is -3.16. The van der Waals surface area contributed by atoms with E-state index in [2.05, 4.69) is 55.8 Å². The first kappa shape index (κ1) is 21.1. The van der Waals surface area contributed by atoms with Crippen molar-refractivity contribution in [2.24, 2.45) is 4.99 Å². The van der Waals surface area contributed by atoms with Crippen molar-refractivity contribution in [3.63, 3.8) is 0 Å². The van der Waals surface area contributed by atoms with Crippen LogP contribution in [-0.4, -0.2) is 55.7 Å². The Kier molecular flexibility index (Phi) is 7.31. The van der Waals surface area contributed by atoms with E-state index in [9.17, 15) is 0 Å². The number of aromatic nitrogens is 1. The topological polar surface area (TPSA) is 74.9 Å². The van der Waals surface area contributed by atoms with Crippen molar-refractivity contribution in [1.29, 1.82) is 0 Å². The lowest BCUT2D eigenvalue weighted by Crippen LogP contribution is -2.46. The highest BCUT2D eigenvalue weighted by Gasteiger charge is 2.22. The molecule has 1 aliphatic rings. The maximum absolute atomic E-state index is 5.62. The summed E-state index contributed by atoms with van der Waals surface area (Å²) in [6.07, 6.45) is 1.68. The van der Waals surface area contributed by atoms with E-state index >= 15 is 0 Å². The maximum atomic E-state index is 5.62. The fourth-order valence-corrected chi connectivity index (χ4v) is 3.71. The summed E-state index contributed by atoms with van der Waals surface area (Å²) in [6.45, 7) is 4.67. The van der Waals surface area contributed by atoms with Gasteiger partial charge in [-0.1, -0.05) is 48.5 Å². The molecule has 1 aliphatic heterocycles. The molecule has 0 bridgehead atoms. The zero-order chi connectivity index (χ0) is 21.3. The third-order valence-electron chi connectivity index (χ3n) is 5.37. The molecule has 1 unspecified atom stereocenters. The van der Waals surface area contributed by atoms with Gasteiger partial charge in [-0.3, -0.25) is 9.89 Å². The zero-order valence-corrected chi connectivity index (χ0v) is 17.8. The van der Waals surface area contributed by atoms with Crippen LogP contribution in [0.15, 0.2) is 76.3 Å². The second kappa shape index (κ2) is 10.7. The fourth-order valence-electron chi connectivity index (χ4n) is 3.71. The quantitative estimate of drug-likeness (QED) is 0.453. The summed E-state index contributed by atoms with van der Waals surface area (Å²) in [4.78, 5) is 11.4. The summed E-state index contributed by atoms with van der Waals surface area (Å²) in [6, 6.07) is 20.7. The smallest absolute Gasteiger partial charge is 0.226 e. The lowest BCUT2D eigenvalue weighted by Gasteiger charge is -2.35. The van der Waals surface area contributed by atoms with Crippen molar-refractivity contribution < 1.29 is 9.15 Å². The van der Waals surface area contributed by atoms with Crippen LogP contribution in [0.25, 0.3) is 11.5 Å². The summed E-state index contributed by atoms with van der Waals surface area (Å²) in [5.74, 6) is 1.36. The van der Waals surface area contributed by atoms with Crippen molar-refractivity contribution in [2.45, 2.75) is 12.6 Å². The molecule has 31 heavy (non-hydrogen) atoms. The predicted octanol–water partition coefficient (Wildman–Crippen LogP) is 3.08. The molecule has 2 N–H and O–H groups in total. The highest BCUT2D eigenvalue weighted by atomic mass is 16.5. The minimum atomic E-state index is 0.250. The molecule has 162 valence electrons. The van der Waals surface area contributed by atoms with Crippen molar-refractivity contribution in [2.75, 3.05) is 39.9 Å². The largest absolute Gasteiger partial charge is 0.444 e. The average molecular weight is 420 g/mol. The molecule has 1 fully saturated rings. The number of ether oxygens (including phenoxy) is 1. The summed E-state index contributed by atoms with van der Waals surface area (Å²) in [5.41, 5.74) is 3.08. The van der Waals surface area contributed by atoms with Gasteiger partial charge in [0, 0.05) is 32.2 Å². The van der Waals surface area contributed by atoms with E-state index in [0.717, 1.165) is 50.1 Å². The van der Waals surface area contributed by atoms with Gasteiger partial charge in [-0.25, -0.2) is 4.98 Å². The van der Waals surface area contributed by atoms with Gasteiger partial charge in [0.2, 0.25) is 5.89 Å². The Morgan fingerprint density at radius 1 is 1.03 bits per heavy atom. The molecule has 2 aromatic carbocycles. The Morgan fingerprint density at radius 3 is 2.45 bits per heavy atom. The van der Waals surface area contributed by atoms with Gasteiger partial charge in [0.1, 0.15) is 6.26 Å². The third-order valence-corrected chi connectivity index (χ3v) is 5.37. The first-order chi connectivity index (χ1) is 15.3. The number of guanidine groups is 1. The Balaban J connectivity index is 1.35. The highest BCUT2D eigenvalue weighted by molar-refractivity contribution is 5.79. The van der Waals surface area contributed by atoms with Gasteiger partial charge in [-0.15, -0.1) is 0 Å². The van der Waals surface area contributed by atoms with Gasteiger partial charge in [-0.2, -0.15) is 0 Å². The van der Waals surface area contributed by atoms with Crippen LogP contribution in [0.5, 0.6) is 0 Å². The molecule has 1 aromatic heterocycles. The van der Waals surface area contributed by atoms with Crippen molar-refractivity contribution >= 4 is 5.96 Å². The van der Waals surface area contributed by atoms with Crippen LogP contribution < -0.4 is 10.6 Å². The highest BCUT2D eigenvalue weighted by Crippen LogP contribution is 2.21. The van der Waals surface area contributed by atoms with Crippen LogP contribution in [0.4, 0.5) is 0 Å². The SMILES string of the molecule is CN=C(NCc1coc(-c2ccccc2)n1)NCC(c1ccccc1)N1CCOCC1. The second-order valence-electron chi connectivity index (χ2n) is 7.39. The number of morpholine rings is 1. The van der Waals surface area contributed by atoms with Crippen LogP contribution in [0.3, 0.4) is 0 Å². The molecule has 7 heteroatoms. The lowest BCUT2D eigenvalue weighted by atomic mass is 10.0. The van der Waals surface area contributed by atoms with Crippen molar-refractivity contribution in [3.05, 3.63) is 78.2 Å². The lowest BCUT2D eigenvalue weighted by molar-refractivity contribution is 0.0170. The first-order valence-corrected chi connectivity index (χ1v) is 10.6. The van der Waals surface area contributed by atoms with Crippen molar-refractivity contribution in [1.82, 2.24) is 20.5 Å². The average Bonchev–Trinajstić information content (AvgIpc) is 3.32. The van der Waals surface area contributed by atoms with Gasteiger partial charge in [0.05, 0.1) is 31.5 Å². The van der Waals surface area contributed by atoms with E-state index < -0.39 is 0 Å². The molecule has 1 atom stereocenters. The van der Waals surface area contributed by atoms with E-state index in [1.165, 1.54) is 5.56 Å². The van der Waals surface area contributed by atoms with E-state index in [4.69, 9.17) is 9.15 Å². The standard InChI is InChI=1S/C24H29N5O2/c1-25-24(26-16-21-18-31-23(28-21)20-10-6-3-7-11-20)27-17-22(19-8-4-2-5-9-19)29-12-14-30-15-13-29/h2-11,18,22H,12-17H2,1H3,(H2,25,26,27). The predicted molar refractivity (Wildman–Crippen MR) is 122 cm³/mol. The van der Waals surface area contributed by atoms with Crippen LogP contribution in [0, 0.1) is 0 Å². The second-order valence-corrected chi connectivity index (χ2v) is 7.39. The first-order valence-electron chi connectivity index (χ1n) is 10.6. The number of nitrogens with one attached hydrogen (secondary N) is 2. The van der Waals surface area contributed by atoms with Crippen LogP contribution in [-0.2, 0) is 11.3 Å². The number of aliphatic imine (C=N–C) groups is 1. The van der Waals surface area contributed by atoms with Crippen LogP contribution in [0.2, 0.25) is 0 Å². The molecular formula is C24H29N5O2. The minimum absolute atomic E-state index is 0.250. The van der Waals surface area contributed by atoms with Gasteiger partial charge in [0.25, 0.3) is 0 Å². The van der Waals surface area contributed by atoms with Gasteiger partial charge >= 0.3 is 0 Å². The van der Waals surface area contributed by atoms with Crippen LogP contribution >= 0.6 is 0 Å². The minimum Gasteiger partial charge on any atom is -0.444 e. The Bertz CT molecular complexity index is 952. The number of rotatable bonds is 7. The molecule has 3 aromatic rings. The molecule has 0 amide bonds. The molecule has 4 rings (SSSR count). The molecule has 0 saturated carbocycles. The number of hydrogen-bond acceptors (Lipinski definition) is 5. The summed E-state index contributed by atoms with van der Waals surface area (Å²) in [5, 5.41) is 6.81. The Morgan fingerprint density at radius 2 is 1.74 bits per heavy atom. The number of oxazole rings is 1. The third kappa shape index (κ3) is 5.71. The van der Waals surface area contributed by atoms with E-state index in [-0.39, 0.29) is 6.04 Å². The van der Waals surface area contributed by atoms with Gasteiger partial charge < -0.3 is 19.8 Å². The summed E-state index contributed by atoms with van der Waals surface area (Å²) < 4.78 is 11.2. The molecule has 0 radical (unpaired) electrons. The monoisotopic (exact) mass is 419 g/mol. The van der Waals surface area contributed by atoms with Gasteiger partial charge in [0.15, 0.2) is 5.96 Å². The number of benzene rings is 2. The van der Waals surface area contributed by atoms with E-state index in [1.54, 1.807) is 13.3 Å². The number of nitrogens with zero attached hydrogens (tertiary/aromatic N) is 3. The molecule has 7 nitrogen and oxygen atoms in total. The van der Waals surface area contributed by atoms with E-state index in [1.807, 2.05) is 30.3 Å². The molecule has 2 heterocycles. The van der Waals surface area contributed by atoms with Crippen molar-refractivity contribution in [3.8, 4) is 11.5 Å². The van der Waals surface area contributed by atoms with Crippen LogP contribution in [0.1, 0.15) is 17.3 Å². The molecular weight excluding hydrogens is 390 g/mol. The fraction of sp³-hybridized carbons (Fsp3) is 0.333. The van der Waals surface area contributed by atoms with Gasteiger partial charge in [-0.05, 0) is 17.7 Å². The molecule has 0 spiro atoms. The van der Waals surface area contributed by atoms with E-state index in [0.29, 0.717) is 12.4 Å². The maximum Gasteiger partial charge on any atom is 0.226 e. The number of hydrogen-bond donors (Lipinski definition) is 2.